The first kappa shape index (κ1) is 8.26. The van der Waals surface area contributed by atoms with E-state index < -0.39 is 0 Å². The Hall–Kier alpha value is -1.35. The smallest absolute Gasteiger partial charge is 0.127 e. The normalized spacial score (nSPS) is 11.0. The first-order chi connectivity index (χ1) is 6.22. The lowest BCUT2D eigenvalue weighted by molar-refractivity contribution is 0.898. The number of nitrogens with zero attached hydrogens (tertiary/aromatic N) is 2. The van der Waals surface area contributed by atoms with Gasteiger partial charge in [-0.05, 0) is 31.0 Å². The van der Waals surface area contributed by atoms with Crippen LogP contribution in [0.2, 0.25) is 0 Å². The van der Waals surface area contributed by atoms with E-state index in [9.17, 15) is 0 Å². The number of aryl methyl sites for hydroxylation is 2. The van der Waals surface area contributed by atoms with Gasteiger partial charge in [0.2, 0.25) is 0 Å². The van der Waals surface area contributed by atoms with Crippen LogP contribution in [0.5, 0.6) is 0 Å². The molecule has 3 heteroatoms. The number of aromatic nitrogens is 2. The van der Waals surface area contributed by atoms with Crippen molar-refractivity contribution in [2.24, 2.45) is 5.73 Å². The van der Waals surface area contributed by atoms with E-state index in [1.165, 1.54) is 11.1 Å². The second-order valence-corrected chi connectivity index (χ2v) is 3.31. The maximum Gasteiger partial charge on any atom is 0.127 e. The lowest BCUT2D eigenvalue weighted by atomic mass is 10.2. The van der Waals surface area contributed by atoms with Gasteiger partial charge in [0, 0.05) is 6.20 Å². The summed E-state index contributed by atoms with van der Waals surface area (Å²) in [4.78, 5) is 4.23. The van der Waals surface area contributed by atoms with Crippen molar-refractivity contribution >= 4 is 5.52 Å². The molecule has 0 amide bonds. The van der Waals surface area contributed by atoms with Gasteiger partial charge in [-0.2, -0.15) is 0 Å². The Morgan fingerprint density at radius 1 is 1.38 bits per heavy atom. The van der Waals surface area contributed by atoms with Crippen LogP contribution in [0, 0.1) is 13.8 Å². The quantitative estimate of drug-likeness (QED) is 0.712. The molecule has 0 unspecified atom stereocenters. The van der Waals surface area contributed by atoms with Gasteiger partial charge in [0.15, 0.2) is 0 Å². The van der Waals surface area contributed by atoms with Gasteiger partial charge in [-0.25, -0.2) is 4.98 Å². The number of imidazole rings is 1. The summed E-state index contributed by atoms with van der Waals surface area (Å²) in [5, 5.41) is 0. The third-order valence-electron chi connectivity index (χ3n) is 2.39. The lowest BCUT2D eigenvalue weighted by Gasteiger charge is -2.03. The SMILES string of the molecule is Cc1cc2cnc(CN)n2cc1C. The van der Waals surface area contributed by atoms with Crippen LogP contribution in [-0.2, 0) is 6.54 Å². The first-order valence-corrected chi connectivity index (χ1v) is 4.35. The monoisotopic (exact) mass is 175 g/mol. The average Bonchev–Trinajstić information content (AvgIpc) is 2.48. The van der Waals surface area contributed by atoms with Crippen molar-refractivity contribution in [3.05, 3.63) is 35.4 Å². The number of hydrogen-bond donors (Lipinski definition) is 1. The maximum atomic E-state index is 5.57. The van der Waals surface area contributed by atoms with Crippen molar-refractivity contribution in [2.45, 2.75) is 20.4 Å². The largest absolute Gasteiger partial charge is 0.324 e. The van der Waals surface area contributed by atoms with Crippen molar-refractivity contribution in [2.75, 3.05) is 0 Å². The van der Waals surface area contributed by atoms with Crippen LogP contribution in [0.3, 0.4) is 0 Å². The average molecular weight is 175 g/mol. The zero-order valence-electron chi connectivity index (χ0n) is 7.91. The van der Waals surface area contributed by atoms with E-state index in [2.05, 4.69) is 31.1 Å². The molecule has 0 aromatic carbocycles. The van der Waals surface area contributed by atoms with Crippen molar-refractivity contribution in [3.8, 4) is 0 Å². The summed E-state index contributed by atoms with van der Waals surface area (Å²) >= 11 is 0. The Bertz CT molecular complexity index is 443. The zero-order valence-corrected chi connectivity index (χ0v) is 7.91. The minimum absolute atomic E-state index is 0.483. The molecule has 0 radical (unpaired) electrons. The fourth-order valence-electron chi connectivity index (χ4n) is 1.45. The predicted octanol–water partition coefficient (Wildman–Crippen LogP) is 1.41. The molecule has 0 saturated heterocycles. The molecule has 0 aliphatic rings. The number of hydrogen-bond acceptors (Lipinski definition) is 2. The molecule has 0 bridgehead atoms. The summed E-state index contributed by atoms with van der Waals surface area (Å²) in [5.41, 5.74) is 9.23. The third-order valence-corrected chi connectivity index (χ3v) is 2.39. The van der Waals surface area contributed by atoms with Gasteiger partial charge in [-0.3, -0.25) is 0 Å². The highest BCUT2D eigenvalue weighted by Gasteiger charge is 2.02. The van der Waals surface area contributed by atoms with Gasteiger partial charge in [0.25, 0.3) is 0 Å². The van der Waals surface area contributed by atoms with E-state index in [4.69, 9.17) is 5.73 Å². The van der Waals surface area contributed by atoms with Crippen molar-refractivity contribution < 1.29 is 0 Å². The molecular weight excluding hydrogens is 162 g/mol. The van der Waals surface area contributed by atoms with Crippen LogP contribution < -0.4 is 5.73 Å². The van der Waals surface area contributed by atoms with E-state index in [1.807, 2.05) is 10.6 Å². The van der Waals surface area contributed by atoms with Crippen LogP contribution in [-0.4, -0.2) is 9.38 Å². The Morgan fingerprint density at radius 3 is 2.85 bits per heavy atom. The highest BCUT2D eigenvalue weighted by atomic mass is 15.0. The van der Waals surface area contributed by atoms with Crippen LogP contribution in [0.15, 0.2) is 18.5 Å². The summed E-state index contributed by atoms with van der Waals surface area (Å²) < 4.78 is 2.04. The second kappa shape index (κ2) is 2.85. The third kappa shape index (κ3) is 1.21. The Kier molecular flexibility index (Phi) is 1.81. The van der Waals surface area contributed by atoms with Crippen molar-refractivity contribution in [1.82, 2.24) is 9.38 Å². The van der Waals surface area contributed by atoms with E-state index in [0.717, 1.165) is 11.3 Å². The Balaban J connectivity index is 2.77. The summed E-state index contributed by atoms with van der Waals surface area (Å²) in [7, 11) is 0. The molecule has 68 valence electrons. The number of fused-ring (bicyclic) bond motifs is 1. The minimum atomic E-state index is 0.483. The minimum Gasteiger partial charge on any atom is -0.324 e. The molecule has 2 rings (SSSR count). The highest BCUT2D eigenvalue weighted by molar-refractivity contribution is 5.50. The van der Waals surface area contributed by atoms with Crippen LogP contribution in [0.25, 0.3) is 5.52 Å². The summed E-state index contributed by atoms with van der Waals surface area (Å²) in [6.45, 7) is 4.68. The number of rotatable bonds is 1. The molecule has 2 heterocycles. The fraction of sp³-hybridized carbons (Fsp3) is 0.300. The van der Waals surface area contributed by atoms with Gasteiger partial charge in [0.1, 0.15) is 5.82 Å². The van der Waals surface area contributed by atoms with Gasteiger partial charge in [-0.1, -0.05) is 0 Å². The first-order valence-electron chi connectivity index (χ1n) is 4.35. The number of pyridine rings is 1. The fourth-order valence-corrected chi connectivity index (χ4v) is 1.45. The standard InChI is InChI=1S/C10H13N3/c1-7-3-9-5-12-10(4-11)13(9)6-8(7)2/h3,5-6H,4,11H2,1-2H3. The molecule has 3 nitrogen and oxygen atoms in total. The van der Waals surface area contributed by atoms with Gasteiger partial charge >= 0.3 is 0 Å². The molecule has 13 heavy (non-hydrogen) atoms. The van der Waals surface area contributed by atoms with E-state index >= 15 is 0 Å². The molecule has 0 aliphatic carbocycles. The van der Waals surface area contributed by atoms with Gasteiger partial charge in [0.05, 0.1) is 18.3 Å². The summed E-state index contributed by atoms with van der Waals surface area (Å²) in [6, 6.07) is 2.13. The van der Waals surface area contributed by atoms with Crippen LogP contribution >= 0.6 is 0 Å². The predicted molar refractivity (Wildman–Crippen MR) is 52.6 cm³/mol. The van der Waals surface area contributed by atoms with Crippen LogP contribution in [0.1, 0.15) is 17.0 Å². The zero-order chi connectivity index (χ0) is 9.42. The molecule has 2 N–H and O–H groups in total. The topological polar surface area (TPSA) is 43.3 Å². The number of nitrogens with two attached hydrogens (primary N) is 1. The molecule has 0 spiro atoms. The van der Waals surface area contributed by atoms with Crippen molar-refractivity contribution in [1.29, 1.82) is 0 Å². The van der Waals surface area contributed by atoms with E-state index in [-0.39, 0.29) is 0 Å². The molecule has 0 saturated carbocycles. The molecule has 2 aromatic heterocycles. The van der Waals surface area contributed by atoms with Crippen LogP contribution in [0.4, 0.5) is 0 Å². The van der Waals surface area contributed by atoms with E-state index in [1.54, 1.807) is 0 Å². The van der Waals surface area contributed by atoms with Gasteiger partial charge < -0.3 is 10.1 Å². The highest BCUT2D eigenvalue weighted by Crippen LogP contribution is 2.12. The summed E-state index contributed by atoms with van der Waals surface area (Å²) in [5.74, 6) is 0.915. The Labute approximate surface area is 77.2 Å². The molecule has 0 aliphatic heterocycles. The lowest BCUT2D eigenvalue weighted by Crippen LogP contribution is -2.02. The molecule has 0 atom stereocenters. The van der Waals surface area contributed by atoms with Crippen molar-refractivity contribution in [3.63, 3.8) is 0 Å². The second-order valence-electron chi connectivity index (χ2n) is 3.31. The molecular formula is C10H13N3. The van der Waals surface area contributed by atoms with Gasteiger partial charge in [-0.15, -0.1) is 0 Å². The molecule has 2 aromatic rings. The maximum absolute atomic E-state index is 5.57. The summed E-state index contributed by atoms with van der Waals surface area (Å²) in [6.07, 6.45) is 3.94. The Morgan fingerprint density at radius 2 is 2.15 bits per heavy atom. The molecule has 0 fully saturated rings. The van der Waals surface area contributed by atoms with E-state index in [0.29, 0.717) is 6.54 Å².